The Bertz CT molecular complexity index is 1810. The summed E-state index contributed by atoms with van der Waals surface area (Å²) >= 11 is 0. The lowest BCUT2D eigenvalue weighted by atomic mass is 9.88. The number of carbonyl (C=O) groups excluding carboxylic acids is 1. The second kappa shape index (κ2) is 11.7. The number of rotatable bonds is 7. The number of fused-ring (bicyclic) bond motifs is 2. The van der Waals surface area contributed by atoms with Crippen molar-refractivity contribution in [3.8, 4) is 5.75 Å². The van der Waals surface area contributed by atoms with Gasteiger partial charge in [0, 0.05) is 17.2 Å². The van der Waals surface area contributed by atoms with E-state index in [1.807, 2.05) is 48.5 Å². The van der Waals surface area contributed by atoms with Crippen molar-refractivity contribution >= 4 is 39.5 Å². The average molecular weight is 549 g/mol. The molecule has 4 aromatic carbocycles. The van der Waals surface area contributed by atoms with Crippen molar-refractivity contribution in [2.45, 2.75) is 38.0 Å². The van der Waals surface area contributed by atoms with E-state index in [0.29, 0.717) is 33.7 Å². The molecule has 0 saturated heterocycles. The number of ether oxygens (including phenoxy) is 1. The molecule has 1 heterocycles. The van der Waals surface area contributed by atoms with Gasteiger partial charge in [-0.3, -0.25) is 9.59 Å². The van der Waals surface area contributed by atoms with Crippen molar-refractivity contribution in [2.24, 2.45) is 5.10 Å². The summed E-state index contributed by atoms with van der Waals surface area (Å²) in [6.07, 6.45) is 6.93. The Morgan fingerprint density at radius 2 is 1.68 bits per heavy atom. The van der Waals surface area contributed by atoms with Gasteiger partial charge in [-0.05, 0) is 66.1 Å². The Hall–Kier alpha value is -4.85. The molecule has 8 heteroatoms. The number of benzene rings is 4. The van der Waals surface area contributed by atoms with Crippen molar-refractivity contribution in [1.29, 1.82) is 0 Å². The highest BCUT2D eigenvalue weighted by atomic mass is 19.1. The topological polar surface area (TPSA) is 85.6 Å². The molecular weight excluding hydrogens is 519 g/mol. The van der Waals surface area contributed by atoms with E-state index in [9.17, 15) is 14.0 Å². The van der Waals surface area contributed by atoms with Gasteiger partial charge in [0.1, 0.15) is 17.4 Å². The Kier molecular flexibility index (Phi) is 7.54. The van der Waals surface area contributed by atoms with Gasteiger partial charge in [0.15, 0.2) is 6.61 Å². The summed E-state index contributed by atoms with van der Waals surface area (Å²) in [6.45, 7) is -0.263. The van der Waals surface area contributed by atoms with Gasteiger partial charge >= 0.3 is 0 Å². The van der Waals surface area contributed by atoms with E-state index in [2.05, 4.69) is 5.32 Å². The molecule has 5 aromatic rings. The van der Waals surface area contributed by atoms with E-state index in [4.69, 9.17) is 14.8 Å². The van der Waals surface area contributed by atoms with Crippen LogP contribution < -0.4 is 15.6 Å². The number of aromatic nitrogens is 2. The maximum atomic E-state index is 13.7. The number of halogens is 1. The minimum atomic E-state index is -0.387. The third-order valence-electron chi connectivity index (χ3n) is 7.47. The van der Waals surface area contributed by atoms with E-state index in [1.54, 1.807) is 18.3 Å². The fraction of sp³-hybridized carbons (Fsp3) is 0.212. The molecule has 0 spiro atoms. The van der Waals surface area contributed by atoms with Crippen molar-refractivity contribution in [1.82, 2.24) is 9.66 Å². The summed E-state index contributed by atoms with van der Waals surface area (Å²) in [7, 11) is 0. The van der Waals surface area contributed by atoms with Crippen molar-refractivity contribution in [2.75, 3.05) is 11.9 Å². The molecular formula is C33H29FN4O3. The summed E-state index contributed by atoms with van der Waals surface area (Å²) in [4.78, 5) is 31.2. The number of nitrogens with zero attached hydrogens (tertiary/aromatic N) is 3. The number of anilines is 1. The van der Waals surface area contributed by atoms with Crippen LogP contribution in [0.5, 0.6) is 5.75 Å². The first-order chi connectivity index (χ1) is 20.1. The molecule has 7 nitrogen and oxygen atoms in total. The molecule has 1 aliphatic carbocycles. The quantitative estimate of drug-likeness (QED) is 0.231. The molecule has 1 aromatic heterocycles. The van der Waals surface area contributed by atoms with Gasteiger partial charge in [0.2, 0.25) is 0 Å². The van der Waals surface area contributed by atoms with Crippen LogP contribution in [0.3, 0.4) is 0 Å². The number of hydrogen-bond donors (Lipinski definition) is 1. The summed E-state index contributed by atoms with van der Waals surface area (Å²) in [5, 5.41) is 9.77. The van der Waals surface area contributed by atoms with Crippen LogP contribution in [-0.2, 0) is 4.79 Å². The predicted molar refractivity (Wildman–Crippen MR) is 159 cm³/mol. The zero-order chi connectivity index (χ0) is 28.2. The van der Waals surface area contributed by atoms with Gasteiger partial charge in [-0.1, -0.05) is 61.7 Å². The van der Waals surface area contributed by atoms with Gasteiger partial charge in [-0.2, -0.15) is 9.78 Å². The molecule has 1 saturated carbocycles. The van der Waals surface area contributed by atoms with Crippen molar-refractivity contribution in [3.05, 3.63) is 112 Å². The summed E-state index contributed by atoms with van der Waals surface area (Å²) in [5.74, 6) is 0.499. The molecule has 1 aliphatic rings. The molecule has 0 aliphatic heterocycles. The SMILES string of the molecule is O=C(COc1ccc2ccccc2c1C=Nn1c(C2CCCCC2)nc2ccccc2c1=O)Nc1ccc(F)cc1. The number of amides is 1. The standard InChI is InChI=1S/C33H29FN4O3/c34-24-15-17-25(18-16-24)36-31(39)21-41-30-19-14-22-8-4-5-11-26(22)28(30)20-35-38-32(23-9-2-1-3-10-23)37-29-13-7-6-12-27(29)33(38)40/h4-8,11-20,23H,1-3,9-10,21H2,(H,36,39). The number of hydrogen-bond acceptors (Lipinski definition) is 5. The van der Waals surface area contributed by atoms with Crippen LogP contribution >= 0.6 is 0 Å². The molecule has 1 fully saturated rings. The zero-order valence-electron chi connectivity index (χ0n) is 22.4. The van der Waals surface area contributed by atoms with E-state index < -0.39 is 0 Å². The maximum absolute atomic E-state index is 13.7. The molecule has 0 atom stereocenters. The van der Waals surface area contributed by atoms with Crippen LogP contribution in [0.4, 0.5) is 10.1 Å². The van der Waals surface area contributed by atoms with E-state index in [-0.39, 0.29) is 29.8 Å². The van der Waals surface area contributed by atoms with Crippen LogP contribution in [0.2, 0.25) is 0 Å². The molecule has 0 bridgehead atoms. The monoisotopic (exact) mass is 548 g/mol. The second-order valence-corrected chi connectivity index (χ2v) is 10.2. The lowest BCUT2D eigenvalue weighted by Gasteiger charge is -2.22. The fourth-order valence-corrected chi connectivity index (χ4v) is 5.40. The zero-order valence-corrected chi connectivity index (χ0v) is 22.4. The number of para-hydroxylation sites is 1. The molecule has 0 unspecified atom stereocenters. The largest absolute Gasteiger partial charge is 0.483 e. The molecule has 41 heavy (non-hydrogen) atoms. The first-order valence-electron chi connectivity index (χ1n) is 13.8. The Morgan fingerprint density at radius 1 is 0.951 bits per heavy atom. The highest BCUT2D eigenvalue weighted by Gasteiger charge is 2.22. The minimum Gasteiger partial charge on any atom is -0.483 e. The molecule has 6 rings (SSSR count). The smallest absolute Gasteiger partial charge is 0.282 e. The van der Waals surface area contributed by atoms with Gasteiger partial charge in [0.05, 0.1) is 17.1 Å². The summed E-state index contributed by atoms with van der Waals surface area (Å²) < 4.78 is 20.6. The molecule has 206 valence electrons. The van der Waals surface area contributed by atoms with Crippen LogP contribution in [0.1, 0.15) is 49.4 Å². The highest BCUT2D eigenvalue weighted by Crippen LogP contribution is 2.32. The van der Waals surface area contributed by atoms with Crippen molar-refractivity contribution < 1.29 is 13.9 Å². The third-order valence-corrected chi connectivity index (χ3v) is 7.47. The lowest BCUT2D eigenvalue weighted by Crippen LogP contribution is -2.25. The van der Waals surface area contributed by atoms with Gasteiger partial charge in [0.25, 0.3) is 11.5 Å². The molecule has 1 N–H and O–H groups in total. The van der Waals surface area contributed by atoms with Crippen LogP contribution in [0.15, 0.2) is 94.8 Å². The Labute approximate surface area is 236 Å². The molecule has 0 radical (unpaired) electrons. The van der Waals surface area contributed by atoms with Crippen LogP contribution in [0, 0.1) is 5.82 Å². The highest BCUT2D eigenvalue weighted by molar-refractivity contribution is 6.02. The first-order valence-corrected chi connectivity index (χ1v) is 13.8. The van der Waals surface area contributed by atoms with Gasteiger partial charge in [-0.25, -0.2) is 9.37 Å². The van der Waals surface area contributed by atoms with Gasteiger partial charge < -0.3 is 10.1 Å². The van der Waals surface area contributed by atoms with Crippen molar-refractivity contribution in [3.63, 3.8) is 0 Å². The van der Waals surface area contributed by atoms with Crippen LogP contribution in [0.25, 0.3) is 21.7 Å². The normalized spacial score (nSPS) is 14.1. The predicted octanol–water partition coefficient (Wildman–Crippen LogP) is 6.64. The van der Waals surface area contributed by atoms with E-state index >= 15 is 0 Å². The average Bonchev–Trinajstić information content (AvgIpc) is 3.01. The number of carbonyl (C=O) groups is 1. The third kappa shape index (κ3) is 5.72. The summed E-state index contributed by atoms with van der Waals surface area (Å²) in [6, 6.07) is 24.4. The van der Waals surface area contributed by atoms with E-state index in [0.717, 1.165) is 36.5 Å². The van der Waals surface area contributed by atoms with Gasteiger partial charge in [-0.15, -0.1) is 0 Å². The Morgan fingerprint density at radius 3 is 2.49 bits per heavy atom. The first kappa shape index (κ1) is 26.4. The summed E-state index contributed by atoms with van der Waals surface area (Å²) in [5.41, 5.74) is 1.57. The lowest BCUT2D eigenvalue weighted by molar-refractivity contribution is -0.118. The number of nitrogens with one attached hydrogen (secondary N) is 1. The Balaban J connectivity index is 1.37. The molecule has 1 amide bonds. The van der Waals surface area contributed by atoms with E-state index in [1.165, 1.54) is 35.4 Å². The maximum Gasteiger partial charge on any atom is 0.282 e. The van der Waals surface area contributed by atoms with Crippen LogP contribution in [-0.4, -0.2) is 28.4 Å². The minimum absolute atomic E-state index is 0.150. The second-order valence-electron chi connectivity index (χ2n) is 10.2. The fourth-order valence-electron chi connectivity index (χ4n) is 5.40.